The Morgan fingerprint density at radius 3 is 2.42 bits per heavy atom. The molecule has 0 saturated heterocycles. The Labute approximate surface area is 216 Å². The van der Waals surface area contributed by atoms with Gasteiger partial charge in [-0.3, -0.25) is 14.4 Å². The predicted molar refractivity (Wildman–Crippen MR) is 137 cm³/mol. The maximum atomic E-state index is 14.1. The van der Waals surface area contributed by atoms with Crippen LogP contribution in [0.25, 0.3) is 0 Å². The van der Waals surface area contributed by atoms with E-state index in [0.717, 1.165) is 56.2 Å². The van der Waals surface area contributed by atoms with Crippen LogP contribution in [-0.2, 0) is 27.2 Å². The summed E-state index contributed by atoms with van der Waals surface area (Å²) >= 11 is 6.49. The summed E-state index contributed by atoms with van der Waals surface area (Å²) in [5.74, 6) is -0.712. The highest BCUT2D eigenvalue weighted by atomic mass is 35.5. The second kappa shape index (κ2) is 8.91. The van der Waals surface area contributed by atoms with Crippen LogP contribution in [0.1, 0.15) is 67.6 Å². The van der Waals surface area contributed by atoms with Crippen LogP contribution in [0.15, 0.2) is 42.5 Å². The first-order valence-corrected chi connectivity index (χ1v) is 13.5. The number of nitrogens with zero attached hydrogens (tertiary/aromatic N) is 1. The van der Waals surface area contributed by atoms with Gasteiger partial charge in [0.05, 0.1) is 6.42 Å². The van der Waals surface area contributed by atoms with Crippen LogP contribution in [-0.4, -0.2) is 34.5 Å². The van der Waals surface area contributed by atoms with E-state index < -0.39 is 5.97 Å². The first-order chi connectivity index (χ1) is 17.4. The number of carbonyl (C=O) groups is 3. The number of rotatable bonds is 6. The van der Waals surface area contributed by atoms with Crippen LogP contribution in [0.2, 0.25) is 5.02 Å². The Morgan fingerprint density at radius 2 is 1.75 bits per heavy atom. The molecule has 2 fully saturated rings. The molecule has 7 heteroatoms. The van der Waals surface area contributed by atoms with Crippen LogP contribution in [0, 0.1) is 11.8 Å². The van der Waals surface area contributed by atoms with Crippen molar-refractivity contribution in [1.29, 1.82) is 0 Å². The minimum Gasteiger partial charge on any atom is -0.481 e. The Bertz CT molecular complexity index is 1210. The molecule has 2 aromatic rings. The highest BCUT2D eigenvalue weighted by Crippen LogP contribution is 2.60. The maximum absolute atomic E-state index is 14.1. The third-order valence-electron chi connectivity index (χ3n) is 8.85. The highest BCUT2D eigenvalue weighted by molar-refractivity contribution is 6.31. The van der Waals surface area contributed by atoms with Crippen LogP contribution in [0.4, 0.5) is 5.69 Å². The number of carboxylic acid groups (broad SMARTS) is 1. The molecule has 6 rings (SSSR count). The van der Waals surface area contributed by atoms with Gasteiger partial charge in [-0.1, -0.05) is 48.4 Å². The lowest BCUT2D eigenvalue weighted by Gasteiger charge is -2.47. The van der Waals surface area contributed by atoms with Crippen molar-refractivity contribution in [2.45, 2.75) is 75.3 Å². The Kier molecular flexibility index (Phi) is 5.83. The highest BCUT2D eigenvalue weighted by Gasteiger charge is 2.59. The van der Waals surface area contributed by atoms with Crippen molar-refractivity contribution in [3.63, 3.8) is 0 Å². The average molecular weight is 507 g/mol. The van der Waals surface area contributed by atoms with Gasteiger partial charge < -0.3 is 15.3 Å². The third-order valence-corrected chi connectivity index (χ3v) is 9.09. The molecule has 2 saturated carbocycles. The SMILES string of the molecule is O=C(O)CCC(=O)NC1(C2c3ccc(Cl)cc3N(C(=O)C3Cc4ccccc4C3)C3CCCC32)CC1. The molecule has 0 aromatic heterocycles. The number of halogens is 1. The molecule has 0 radical (unpaired) electrons. The van der Waals surface area contributed by atoms with Gasteiger partial charge >= 0.3 is 5.97 Å². The Morgan fingerprint density at radius 1 is 1.03 bits per heavy atom. The molecule has 188 valence electrons. The molecule has 1 aliphatic heterocycles. The van der Waals surface area contributed by atoms with Crippen molar-refractivity contribution in [2.24, 2.45) is 11.8 Å². The molecule has 2 aromatic carbocycles. The summed E-state index contributed by atoms with van der Waals surface area (Å²) in [7, 11) is 0. The lowest BCUT2D eigenvalue weighted by atomic mass is 9.71. The van der Waals surface area contributed by atoms with Gasteiger partial charge in [0, 0.05) is 40.5 Å². The molecular weight excluding hydrogens is 476 g/mol. The van der Waals surface area contributed by atoms with Crippen molar-refractivity contribution in [1.82, 2.24) is 5.32 Å². The van der Waals surface area contributed by atoms with Crippen molar-refractivity contribution in [2.75, 3.05) is 4.90 Å². The molecule has 3 atom stereocenters. The molecule has 36 heavy (non-hydrogen) atoms. The van der Waals surface area contributed by atoms with E-state index in [1.54, 1.807) is 0 Å². The third kappa shape index (κ3) is 4.00. The number of fused-ring (bicyclic) bond motifs is 3. The maximum Gasteiger partial charge on any atom is 0.303 e. The van der Waals surface area contributed by atoms with E-state index in [-0.39, 0.29) is 54.0 Å². The largest absolute Gasteiger partial charge is 0.481 e. The van der Waals surface area contributed by atoms with Gasteiger partial charge in [0.25, 0.3) is 0 Å². The number of hydrogen-bond donors (Lipinski definition) is 2. The fourth-order valence-electron chi connectivity index (χ4n) is 7.21. The summed E-state index contributed by atoms with van der Waals surface area (Å²) in [5.41, 5.74) is 4.14. The number of benzene rings is 2. The van der Waals surface area contributed by atoms with Crippen LogP contribution < -0.4 is 10.2 Å². The fourth-order valence-corrected chi connectivity index (χ4v) is 7.37. The van der Waals surface area contributed by atoms with Gasteiger partial charge in [-0.15, -0.1) is 0 Å². The fraction of sp³-hybridized carbons (Fsp3) is 0.483. The number of amides is 2. The van der Waals surface area contributed by atoms with Crippen LogP contribution in [0.5, 0.6) is 0 Å². The molecule has 1 heterocycles. The zero-order valence-electron chi connectivity index (χ0n) is 20.2. The van der Waals surface area contributed by atoms with E-state index in [0.29, 0.717) is 5.02 Å². The van der Waals surface area contributed by atoms with E-state index in [1.165, 1.54) is 11.1 Å². The summed E-state index contributed by atoms with van der Waals surface area (Å²) in [6.07, 6.45) is 6.10. The van der Waals surface area contributed by atoms with E-state index in [1.807, 2.05) is 30.3 Å². The minimum absolute atomic E-state index is 0.0157. The van der Waals surface area contributed by atoms with Crippen LogP contribution >= 0.6 is 11.6 Å². The average Bonchev–Trinajstić information content (AvgIpc) is 3.26. The topological polar surface area (TPSA) is 86.7 Å². The monoisotopic (exact) mass is 506 g/mol. The van der Waals surface area contributed by atoms with E-state index in [2.05, 4.69) is 22.3 Å². The molecule has 2 amide bonds. The number of nitrogens with one attached hydrogen (secondary N) is 1. The smallest absolute Gasteiger partial charge is 0.303 e. The van der Waals surface area contributed by atoms with Crippen molar-refractivity contribution >= 4 is 35.1 Å². The normalized spacial score (nSPS) is 25.6. The van der Waals surface area contributed by atoms with Gasteiger partial charge in [-0.2, -0.15) is 0 Å². The summed E-state index contributed by atoms with van der Waals surface area (Å²) < 4.78 is 0. The molecule has 2 N–H and O–H groups in total. The zero-order valence-corrected chi connectivity index (χ0v) is 21.0. The molecule has 4 aliphatic rings. The first-order valence-electron chi connectivity index (χ1n) is 13.1. The number of aliphatic carboxylic acids is 1. The van der Waals surface area contributed by atoms with Crippen molar-refractivity contribution in [3.8, 4) is 0 Å². The quantitative estimate of drug-likeness (QED) is 0.585. The minimum atomic E-state index is -0.966. The van der Waals surface area contributed by atoms with E-state index >= 15 is 0 Å². The molecule has 3 aliphatic carbocycles. The lowest BCUT2D eigenvalue weighted by Crippen LogP contribution is -2.55. The summed E-state index contributed by atoms with van der Waals surface area (Å²) in [5, 5.41) is 12.8. The Hall–Kier alpha value is -2.86. The number of anilines is 1. The van der Waals surface area contributed by atoms with Gasteiger partial charge in [0.2, 0.25) is 11.8 Å². The molecular formula is C29H31ClN2O4. The number of carboxylic acids is 1. The summed E-state index contributed by atoms with van der Waals surface area (Å²) in [6.45, 7) is 0. The van der Waals surface area contributed by atoms with Gasteiger partial charge in [0.15, 0.2) is 0 Å². The predicted octanol–water partition coefficient (Wildman–Crippen LogP) is 4.87. The molecule has 6 nitrogen and oxygen atoms in total. The van der Waals surface area contributed by atoms with Crippen LogP contribution in [0.3, 0.4) is 0 Å². The molecule has 3 unspecified atom stereocenters. The second-order valence-electron chi connectivity index (χ2n) is 11.0. The van der Waals surface area contributed by atoms with Crippen molar-refractivity contribution in [3.05, 3.63) is 64.2 Å². The lowest BCUT2D eigenvalue weighted by molar-refractivity contribution is -0.139. The summed E-state index contributed by atoms with van der Waals surface area (Å²) in [4.78, 5) is 39.9. The van der Waals surface area contributed by atoms with Gasteiger partial charge in [-0.05, 0) is 73.3 Å². The molecule has 0 bridgehead atoms. The summed E-state index contributed by atoms with van der Waals surface area (Å²) in [6, 6.07) is 14.3. The van der Waals surface area contributed by atoms with Gasteiger partial charge in [0.1, 0.15) is 0 Å². The Balaban J connectivity index is 1.34. The second-order valence-corrected chi connectivity index (χ2v) is 11.5. The first kappa shape index (κ1) is 23.5. The zero-order chi connectivity index (χ0) is 25.0. The van der Waals surface area contributed by atoms with Gasteiger partial charge in [-0.25, -0.2) is 0 Å². The van der Waals surface area contributed by atoms with E-state index in [4.69, 9.17) is 16.7 Å². The number of carbonyl (C=O) groups excluding carboxylic acids is 2. The van der Waals surface area contributed by atoms with Crippen molar-refractivity contribution < 1.29 is 19.5 Å². The standard InChI is InChI=1S/C29H31ClN2O4/c30-20-8-9-22-24(16-20)32(28(36)19-14-17-4-1-2-5-18(17)15-19)23-7-3-6-21(23)27(22)29(12-13-29)31-25(33)10-11-26(34)35/h1-2,4-5,8-9,16,19,21,23,27H,3,6-7,10-15H2,(H,31,33)(H,34,35). The molecule has 0 spiro atoms. The number of hydrogen-bond acceptors (Lipinski definition) is 3. The van der Waals surface area contributed by atoms with E-state index in [9.17, 15) is 14.4 Å².